The molecular formula is C19H18N2O8S. The summed E-state index contributed by atoms with van der Waals surface area (Å²) in [6.07, 6.45) is 0. The van der Waals surface area contributed by atoms with Crippen LogP contribution in [0.2, 0.25) is 0 Å². The molecule has 1 saturated heterocycles. The SMILES string of the molecule is C=C(C)C(C(=O)OC)N1C(=O)[C@@H](N2C(=O)c3ccccc3C2=O)[C@H]1S(=O)OC(C)=O. The summed E-state index contributed by atoms with van der Waals surface area (Å²) < 4.78 is 22.1. The van der Waals surface area contributed by atoms with Gasteiger partial charge in [0.05, 0.1) is 18.2 Å². The lowest BCUT2D eigenvalue weighted by Crippen LogP contribution is -2.76. The van der Waals surface area contributed by atoms with Crippen LogP contribution in [0.3, 0.4) is 0 Å². The maximum Gasteiger partial charge on any atom is 0.332 e. The number of carbonyl (C=O) groups is 5. The number of nitrogens with zero attached hydrogens (tertiary/aromatic N) is 2. The van der Waals surface area contributed by atoms with E-state index < -0.39 is 58.2 Å². The van der Waals surface area contributed by atoms with Crippen molar-refractivity contribution in [1.29, 1.82) is 0 Å². The second kappa shape index (κ2) is 7.82. The van der Waals surface area contributed by atoms with E-state index in [1.165, 1.54) is 19.1 Å². The van der Waals surface area contributed by atoms with Gasteiger partial charge in [-0.3, -0.25) is 24.1 Å². The number of fused-ring (bicyclic) bond motifs is 1. The van der Waals surface area contributed by atoms with Gasteiger partial charge in [-0.1, -0.05) is 18.7 Å². The Kier molecular flexibility index (Phi) is 5.57. The number of carbonyl (C=O) groups excluding carboxylic acids is 5. The molecule has 2 heterocycles. The van der Waals surface area contributed by atoms with Crippen molar-refractivity contribution in [2.24, 2.45) is 0 Å². The highest BCUT2D eigenvalue weighted by molar-refractivity contribution is 7.81. The molecule has 10 nitrogen and oxygen atoms in total. The van der Waals surface area contributed by atoms with Crippen molar-refractivity contribution >= 4 is 40.7 Å². The molecule has 2 aliphatic rings. The van der Waals surface area contributed by atoms with Gasteiger partial charge in [0.25, 0.3) is 17.7 Å². The van der Waals surface area contributed by atoms with Crippen molar-refractivity contribution in [2.75, 3.05) is 7.11 Å². The Morgan fingerprint density at radius 3 is 2.07 bits per heavy atom. The molecule has 0 spiro atoms. The largest absolute Gasteiger partial charge is 0.467 e. The average Bonchev–Trinajstić information content (AvgIpc) is 2.93. The van der Waals surface area contributed by atoms with Crippen LogP contribution in [0.25, 0.3) is 0 Å². The van der Waals surface area contributed by atoms with E-state index in [-0.39, 0.29) is 16.7 Å². The number of likely N-dealkylation sites (tertiary alicyclic amines) is 1. The number of amides is 3. The van der Waals surface area contributed by atoms with Crippen LogP contribution in [0.4, 0.5) is 0 Å². The van der Waals surface area contributed by atoms with Crippen molar-refractivity contribution in [2.45, 2.75) is 31.3 Å². The van der Waals surface area contributed by atoms with Crippen molar-refractivity contribution in [3.8, 4) is 0 Å². The Hall–Kier alpha value is -3.34. The molecule has 1 fully saturated rings. The van der Waals surface area contributed by atoms with Gasteiger partial charge in [0, 0.05) is 6.92 Å². The number of hydrogen-bond donors (Lipinski definition) is 0. The molecule has 2 unspecified atom stereocenters. The summed E-state index contributed by atoms with van der Waals surface area (Å²) in [5, 5.41) is -1.47. The van der Waals surface area contributed by atoms with Crippen LogP contribution in [-0.2, 0) is 34.4 Å². The van der Waals surface area contributed by atoms with E-state index in [0.29, 0.717) is 4.90 Å². The number of β-lactam (4-membered cyclic amide) rings is 1. The summed E-state index contributed by atoms with van der Waals surface area (Å²) in [6, 6.07) is 3.12. The second-order valence-electron chi connectivity index (χ2n) is 6.71. The van der Waals surface area contributed by atoms with Crippen LogP contribution in [0.1, 0.15) is 34.6 Å². The second-order valence-corrected chi connectivity index (χ2v) is 7.88. The summed E-state index contributed by atoms with van der Waals surface area (Å²) >= 11 is -2.48. The van der Waals surface area contributed by atoms with Crippen LogP contribution in [0.5, 0.6) is 0 Å². The lowest BCUT2D eigenvalue weighted by atomic mass is 9.98. The van der Waals surface area contributed by atoms with Crippen LogP contribution < -0.4 is 0 Å². The molecule has 0 radical (unpaired) electrons. The summed E-state index contributed by atoms with van der Waals surface area (Å²) in [7, 11) is 1.10. The molecule has 3 amide bonds. The molecule has 30 heavy (non-hydrogen) atoms. The van der Waals surface area contributed by atoms with Gasteiger partial charge in [0.2, 0.25) is 11.1 Å². The molecule has 0 aromatic heterocycles. The monoisotopic (exact) mass is 434 g/mol. The summed E-state index contributed by atoms with van der Waals surface area (Å²) in [5.74, 6) is -4.08. The number of benzene rings is 1. The van der Waals surface area contributed by atoms with Crippen molar-refractivity contribution < 1.29 is 37.1 Å². The first-order valence-electron chi connectivity index (χ1n) is 8.73. The summed E-state index contributed by atoms with van der Waals surface area (Å²) in [4.78, 5) is 63.7. The zero-order chi connectivity index (χ0) is 22.3. The third kappa shape index (κ3) is 3.20. The topological polar surface area (TPSA) is 127 Å². The van der Waals surface area contributed by atoms with E-state index >= 15 is 0 Å². The molecule has 0 saturated carbocycles. The highest BCUT2D eigenvalue weighted by Gasteiger charge is 2.62. The molecule has 3 rings (SSSR count). The van der Waals surface area contributed by atoms with E-state index in [0.717, 1.165) is 18.9 Å². The first-order valence-corrected chi connectivity index (χ1v) is 9.87. The van der Waals surface area contributed by atoms with Crippen LogP contribution in [-0.4, -0.2) is 68.2 Å². The normalized spacial score (nSPS) is 22.2. The van der Waals surface area contributed by atoms with Crippen LogP contribution >= 0.6 is 0 Å². The van der Waals surface area contributed by atoms with Gasteiger partial charge < -0.3 is 13.8 Å². The van der Waals surface area contributed by atoms with Crippen molar-refractivity contribution in [1.82, 2.24) is 9.80 Å². The number of methoxy groups -OCH3 is 1. The van der Waals surface area contributed by atoms with Gasteiger partial charge in [-0.05, 0) is 24.6 Å². The minimum Gasteiger partial charge on any atom is -0.467 e. The lowest BCUT2D eigenvalue weighted by Gasteiger charge is -2.50. The fraction of sp³-hybridized carbons (Fsp3) is 0.316. The average molecular weight is 434 g/mol. The fourth-order valence-electron chi connectivity index (χ4n) is 3.47. The first-order chi connectivity index (χ1) is 14.1. The highest BCUT2D eigenvalue weighted by atomic mass is 32.2. The molecule has 0 N–H and O–H groups in total. The summed E-state index contributed by atoms with van der Waals surface area (Å²) in [6.45, 7) is 6.12. The van der Waals surface area contributed by atoms with E-state index in [9.17, 15) is 28.2 Å². The fourth-order valence-corrected chi connectivity index (χ4v) is 4.66. The molecular weight excluding hydrogens is 416 g/mol. The Balaban J connectivity index is 2.04. The molecule has 0 aliphatic carbocycles. The highest BCUT2D eigenvalue weighted by Crippen LogP contribution is 2.37. The molecule has 1 aromatic carbocycles. The van der Waals surface area contributed by atoms with Gasteiger partial charge in [-0.2, -0.15) is 0 Å². The number of imide groups is 1. The number of hydrogen-bond acceptors (Lipinski definition) is 8. The zero-order valence-electron chi connectivity index (χ0n) is 16.3. The molecule has 0 bridgehead atoms. The third-order valence-corrected chi connectivity index (χ3v) is 6.00. The number of rotatable bonds is 6. The number of esters is 1. The predicted octanol–water partition coefficient (Wildman–Crippen LogP) is 0.164. The van der Waals surface area contributed by atoms with Crippen molar-refractivity contribution in [3.05, 3.63) is 47.5 Å². The third-order valence-electron chi connectivity index (χ3n) is 4.72. The molecule has 1 aromatic rings. The van der Waals surface area contributed by atoms with Gasteiger partial charge in [0.15, 0.2) is 17.5 Å². The molecule has 11 heteroatoms. The van der Waals surface area contributed by atoms with Crippen LogP contribution in [0.15, 0.2) is 36.4 Å². The predicted molar refractivity (Wildman–Crippen MR) is 102 cm³/mol. The molecule has 4 atom stereocenters. The van der Waals surface area contributed by atoms with Gasteiger partial charge >= 0.3 is 11.9 Å². The Bertz CT molecular complexity index is 985. The van der Waals surface area contributed by atoms with Crippen LogP contribution in [0, 0.1) is 0 Å². The smallest absolute Gasteiger partial charge is 0.332 e. The van der Waals surface area contributed by atoms with E-state index in [2.05, 4.69) is 6.58 Å². The van der Waals surface area contributed by atoms with E-state index in [1.807, 2.05) is 0 Å². The summed E-state index contributed by atoms with van der Waals surface area (Å²) in [5.41, 5.74) is 0.381. The Labute approximate surface area is 174 Å². The minimum absolute atomic E-state index is 0.0928. The molecule has 158 valence electrons. The zero-order valence-corrected chi connectivity index (χ0v) is 17.1. The van der Waals surface area contributed by atoms with E-state index in [1.54, 1.807) is 12.1 Å². The first kappa shape index (κ1) is 21.4. The van der Waals surface area contributed by atoms with Gasteiger partial charge in [-0.15, -0.1) is 0 Å². The van der Waals surface area contributed by atoms with Gasteiger partial charge in [-0.25, -0.2) is 9.00 Å². The maximum absolute atomic E-state index is 13.0. The standard InChI is InChI=1S/C19H18N2O8S/c1-9(2)13(19(26)28-4)21-17(25)14(18(21)30(27)29-10(3)22)20-15(23)11-7-5-6-8-12(11)16(20)24/h5-8,13-14,18H,1H2,2-4H3/t13?,14-,18-,30?/m1/s1. The maximum atomic E-state index is 13.0. The number of ether oxygens (including phenoxy) is 1. The molecule has 2 aliphatic heterocycles. The van der Waals surface area contributed by atoms with E-state index in [4.69, 9.17) is 8.92 Å². The lowest BCUT2D eigenvalue weighted by molar-refractivity contribution is -0.163. The quantitative estimate of drug-likeness (QED) is 0.268. The van der Waals surface area contributed by atoms with Gasteiger partial charge in [0.1, 0.15) is 0 Å². The Morgan fingerprint density at radius 1 is 1.10 bits per heavy atom. The van der Waals surface area contributed by atoms with Crippen molar-refractivity contribution in [3.63, 3.8) is 0 Å². The minimum atomic E-state index is -2.48. The Morgan fingerprint density at radius 2 is 1.63 bits per heavy atom.